The van der Waals surface area contributed by atoms with E-state index < -0.39 is 95.1 Å². The van der Waals surface area contributed by atoms with Gasteiger partial charge in [-0.05, 0) is 23.2 Å². The maximum Gasteiger partial charge on any atom is 0.299 e. The number of carbonyl (C=O) groups excluding carboxylic acids is 5. The van der Waals surface area contributed by atoms with Crippen LogP contribution in [0.2, 0.25) is 0 Å². The first-order valence-electron chi connectivity index (χ1n) is 13.4. The van der Waals surface area contributed by atoms with Crippen LogP contribution in [-0.2, 0) is 23.9 Å². The Kier molecular flexibility index (Phi) is 8.49. The van der Waals surface area contributed by atoms with Gasteiger partial charge in [-0.1, -0.05) is 83.0 Å². The Balaban J connectivity index is 1.84. The molecular formula is C30H18N6O11S. The zero-order chi connectivity index (χ0) is 35.0. The molecule has 0 amide bonds. The standard InChI is InChI=1S/C30H18N6O11S/c31-35-33-21-20-17(24(38)26(40)22(21)34-36-32)12-7-13-19(20)48(45,46)47-29(27(41)16-10-5-2-6-11-16)14-18(25(39)28(42)30(29,43)44)23(37)15-8-3-1-4-9-15/h1-14,25,39,43-44H. The number of hydrogen-bond acceptors (Lipinski definition) is 13. The fraction of sp³-hybridized carbons (Fsp3) is 0.100. The molecule has 0 heterocycles. The van der Waals surface area contributed by atoms with E-state index in [0.29, 0.717) is 6.08 Å². The Morgan fingerprint density at radius 2 is 1.35 bits per heavy atom. The molecule has 17 nitrogen and oxygen atoms in total. The van der Waals surface area contributed by atoms with Crippen molar-refractivity contribution in [3.63, 3.8) is 0 Å². The third kappa shape index (κ3) is 5.19. The second kappa shape index (κ2) is 12.3. The molecule has 0 aliphatic heterocycles. The predicted octanol–water partition coefficient (Wildman–Crippen LogP) is 2.50. The van der Waals surface area contributed by atoms with Crippen molar-refractivity contribution in [3.05, 3.63) is 139 Å². The van der Waals surface area contributed by atoms with Crippen molar-refractivity contribution in [3.8, 4) is 0 Å². The molecule has 48 heavy (non-hydrogen) atoms. The molecule has 2 aliphatic carbocycles. The van der Waals surface area contributed by atoms with Gasteiger partial charge in [-0.25, -0.2) is 4.18 Å². The molecule has 2 aliphatic rings. The van der Waals surface area contributed by atoms with Gasteiger partial charge in [0.25, 0.3) is 15.9 Å². The van der Waals surface area contributed by atoms with E-state index in [1.54, 1.807) is 0 Å². The van der Waals surface area contributed by atoms with Crippen LogP contribution >= 0.6 is 0 Å². The SMILES string of the molecule is [N-]=[N+]=NC1=C(N=[N+]=[N-])c2c(cccc2S(=O)(=O)OC2(C(=O)c3ccccc3)C=C(C(=O)c3ccccc3)C(O)C(=O)C2(O)O)C(=O)C1=O. The zero-order valence-electron chi connectivity index (χ0n) is 23.9. The molecule has 3 aromatic rings. The molecule has 0 bridgehead atoms. The first-order valence-corrected chi connectivity index (χ1v) is 14.8. The maximum absolute atomic E-state index is 14.2. The number of hydrogen-bond donors (Lipinski definition) is 3. The van der Waals surface area contributed by atoms with E-state index in [0.717, 1.165) is 30.3 Å². The minimum atomic E-state index is -5.72. The predicted molar refractivity (Wildman–Crippen MR) is 160 cm³/mol. The van der Waals surface area contributed by atoms with Gasteiger partial charge >= 0.3 is 0 Å². The van der Waals surface area contributed by atoms with Crippen molar-refractivity contribution in [2.75, 3.05) is 0 Å². The molecule has 0 spiro atoms. The second-order valence-electron chi connectivity index (χ2n) is 10.1. The molecule has 0 aromatic heterocycles. The smallest absolute Gasteiger partial charge is 0.299 e. The van der Waals surface area contributed by atoms with Crippen molar-refractivity contribution in [1.82, 2.24) is 0 Å². The largest absolute Gasteiger partial charge is 0.380 e. The number of fused-ring (bicyclic) bond motifs is 1. The summed E-state index contributed by atoms with van der Waals surface area (Å²) in [5.41, 5.74) is 9.29. The molecule has 0 fully saturated rings. The summed E-state index contributed by atoms with van der Waals surface area (Å²) in [6.07, 6.45) is -2.28. The molecule has 0 saturated heterocycles. The number of carbonyl (C=O) groups is 5. The average molecular weight is 671 g/mol. The molecular weight excluding hydrogens is 652 g/mol. The maximum atomic E-state index is 14.2. The number of rotatable bonds is 9. The van der Waals surface area contributed by atoms with Gasteiger partial charge in [0.05, 0.1) is 11.4 Å². The van der Waals surface area contributed by atoms with Crippen LogP contribution in [0.5, 0.6) is 0 Å². The number of aliphatic hydroxyl groups excluding tert-OH is 1. The van der Waals surface area contributed by atoms with E-state index >= 15 is 0 Å². The molecule has 2 atom stereocenters. The van der Waals surface area contributed by atoms with Gasteiger partial charge in [0.2, 0.25) is 28.7 Å². The Morgan fingerprint density at radius 1 is 0.792 bits per heavy atom. The highest BCUT2D eigenvalue weighted by molar-refractivity contribution is 7.87. The van der Waals surface area contributed by atoms with Crippen LogP contribution in [0.3, 0.4) is 0 Å². The second-order valence-corrected chi connectivity index (χ2v) is 11.6. The van der Waals surface area contributed by atoms with Crippen molar-refractivity contribution >= 4 is 44.7 Å². The molecule has 0 radical (unpaired) electrons. The lowest BCUT2D eigenvalue weighted by Gasteiger charge is -2.42. The number of azide groups is 2. The summed E-state index contributed by atoms with van der Waals surface area (Å²) in [4.78, 5) is 70.4. The average Bonchev–Trinajstić information content (AvgIpc) is 3.09. The van der Waals surface area contributed by atoms with E-state index in [9.17, 15) is 53.2 Å². The van der Waals surface area contributed by atoms with E-state index in [4.69, 9.17) is 9.71 Å². The summed E-state index contributed by atoms with van der Waals surface area (Å²) in [5, 5.41) is 39.6. The molecule has 3 N–H and O–H groups in total. The van der Waals surface area contributed by atoms with Crippen molar-refractivity contribution in [1.29, 1.82) is 0 Å². The number of benzene rings is 3. The van der Waals surface area contributed by atoms with E-state index in [2.05, 4.69) is 20.1 Å². The number of aliphatic hydroxyl groups is 3. The van der Waals surface area contributed by atoms with Crippen LogP contribution in [0.15, 0.2) is 111 Å². The van der Waals surface area contributed by atoms with Gasteiger partial charge in [0.15, 0.2) is 5.78 Å². The Labute approximate surface area is 268 Å². The highest BCUT2D eigenvalue weighted by Crippen LogP contribution is 2.43. The molecule has 0 saturated carbocycles. The highest BCUT2D eigenvalue weighted by atomic mass is 32.2. The van der Waals surface area contributed by atoms with Crippen LogP contribution in [-0.4, -0.2) is 70.1 Å². The van der Waals surface area contributed by atoms with Crippen molar-refractivity contribution in [2.45, 2.75) is 22.4 Å². The summed E-state index contributed by atoms with van der Waals surface area (Å²) in [5.74, 6) is -11.8. The number of ketones is 5. The fourth-order valence-corrected chi connectivity index (χ4v) is 6.51. The lowest BCUT2D eigenvalue weighted by atomic mass is 9.73. The summed E-state index contributed by atoms with van der Waals surface area (Å²) >= 11 is 0. The van der Waals surface area contributed by atoms with E-state index in [1.807, 2.05) is 0 Å². The fourth-order valence-electron chi connectivity index (χ4n) is 5.13. The molecule has 18 heteroatoms. The van der Waals surface area contributed by atoms with Gasteiger partial charge in [-0.15, -0.1) is 0 Å². The zero-order valence-corrected chi connectivity index (χ0v) is 24.7. The summed E-state index contributed by atoms with van der Waals surface area (Å²) in [6, 6.07) is 15.8. The number of nitrogens with zero attached hydrogens (tertiary/aromatic N) is 6. The summed E-state index contributed by atoms with van der Waals surface area (Å²) < 4.78 is 33.7. The summed E-state index contributed by atoms with van der Waals surface area (Å²) in [6.45, 7) is 0. The van der Waals surface area contributed by atoms with Crippen molar-refractivity contribution in [2.24, 2.45) is 10.2 Å². The van der Waals surface area contributed by atoms with Crippen molar-refractivity contribution < 1.29 is 51.9 Å². The van der Waals surface area contributed by atoms with Crippen LogP contribution in [0.25, 0.3) is 26.6 Å². The minimum absolute atomic E-state index is 0.155. The van der Waals surface area contributed by atoms with Crippen LogP contribution < -0.4 is 0 Å². The van der Waals surface area contributed by atoms with Gasteiger partial charge < -0.3 is 15.3 Å². The van der Waals surface area contributed by atoms with Gasteiger partial charge in [-0.2, -0.15) is 8.42 Å². The van der Waals surface area contributed by atoms with Gasteiger partial charge in [0, 0.05) is 37.7 Å². The van der Waals surface area contributed by atoms with Gasteiger partial charge in [-0.3, -0.25) is 24.0 Å². The molecule has 3 aromatic carbocycles. The third-order valence-corrected chi connectivity index (χ3v) is 8.75. The quantitative estimate of drug-likeness (QED) is 0.0565. The molecule has 5 rings (SSSR count). The lowest BCUT2D eigenvalue weighted by molar-refractivity contribution is -0.230. The van der Waals surface area contributed by atoms with Crippen LogP contribution in [0, 0.1) is 0 Å². The normalized spacial score (nSPS) is 20.2. The van der Waals surface area contributed by atoms with Gasteiger partial charge in [0.1, 0.15) is 11.0 Å². The Hall–Kier alpha value is -6.10. The van der Waals surface area contributed by atoms with E-state index in [-0.39, 0.29) is 5.56 Å². The first kappa shape index (κ1) is 33.3. The third-order valence-electron chi connectivity index (χ3n) is 7.39. The molecule has 240 valence electrons. The highest BCUT2D eigenvalue weighted by Gasteiger charge is 2.67. The first-order chi connectivity index (χ1) is 22.7. The number of allylic oxidation sites excluding steroid dienone is 1. The minimum Gasteiger partial charge on any atom is -0.380 e. The topological polar surface area (TPSA) is 287 Å². The van der Waals surface area contributed by atoms with Crippen LogP contribution in [0.1, 0.15) is 36.6 Å². The van der Waals surface area contributed by atoms with Crippen LogP contribution in [0.4, 0.5) is 0 Å². The Morgan fingerprint density at radius 3 is 1.94 bits per heavy atom. The number of Topliss-reactive ketones (excluding diaryl/α,β-unsaturated/α-hetero) is 5. The summed E-state index contributed by atoms with van der Waals surface area (Å²) in [7, 11) is -5.72. The lowest BCUT2D eigenvalue weighted by Crippen LogP contribution is -2.69. The monoisotopic (exact) mass is 670 g/mol. The van der Waals surface area contributed by atoms with E-state index in [1.165, 1.54) is 48.5 Å². The molecule has 2 unspecified atom stereocenters. The Bertz CT molecular complexity index is 2220.